The molecule has 0 spiro atoms. The lowest BCUT2D eigenvalue weighted by Crippen LogP contribution is -2.30. The second-order valence-corrected chi connectivity index (χ2v) is 13.2. The maximum atomic E-state index is 4.63. The number of allylic oxidation sites excluding steroid dienone is 3. The minimum absolute atomic E-state index is 0.723. The Labute approximate surface area is 329 Å². The Hall–Kier alpha value is -4.97. The normalized spacial score (nSPS) is 11.0. The van der Waals surface area contributed by atoms with E-state index < -0.39 is 0 Å². The molecule has 0 radical (unpaired) electrons. The van der Waals surface area contributed by atoms with Crippen LogP contribution in [0, 0.1) is 32.6 Å². The fourth-order valence-electron chi connectivity index (χ4n) is 6.13. The predicted octanol–water partition coefficient (Wildman–Crippen LogP) is 12.8. The minimum Gasteiger partial charge on any atom is -0.319 e. The highest BCUT2D eigenvalue weighted by Gasteiger charge is 2.06. The minimum atomic E-state index is 0.723. The first kappa shape index (κ1) is 47.1. The maximum Gasteiger partial charge on any atom is 0.0673 e. The molecule has 6 rings (SSSR count). The first-order valence-corrected chi connectivity index (χ1v) is 19.8. The van der Waals surface area contributed by atoms with Gasteiger partial charge in [0.15, 0.2) is 0 Å². The SMILES string of the molecule is C#C.C/C=C(/CC(C)C)c1ccccc1C.C=C(C)c1cccc(-c2cc(C)c3c(c2)=CCCN=3)c1.CC.CC.CNCCc1ccc2ccccc2c1. The number of aryl methyl sites for hydroxylation is 2. The molecule has 0 saturated carbocycles. The Balaban J connectivity index is 0.000000386. The number of hydrogen-bond donors (Lipinski definition) is 1. The van der Waals surface area contributed by atoms with Crippen molar-refractivity contribution in [2.45, 2.75) is 88.5 Å². The van der Waals surface area contributed by atoms with Crippen LogP contribution in [-0.4, -0.2) is 20.1 Å². The highest BCUT2D eigenvalue weighted by molar-refractivity contribution is 5.83. The second-order valence-electron chi connectivity index (χ2n) is 13.2. The van der Waals surface area contributed by atoms with Crippen LogP contribution in [0.1, 0.15) is 96.0 Å². The smallest absolute Gasteiger partial charge is 0.0673 e. The van der Waals surface area contributed by atoms with Crippen LogP contribution in [0.2, 0.25) is 0 Å². The van der Waals surface area contributed by atoms with Gasteiger partial charge < -0.3 is 5.32 Å². The lowest BCUT2D eigenvalue weighted by Gasteiger charge is -2.12. The average Bonchev–Trinajstić information content (AvgIpc) is 3.22. The summed E-state index contributed by atoms with van der Waals surface area (Å²) >= 11 is 0. The van der Waals surface area contributed by atoms with Crippen molar-refractivity contribution in [1.82, 2.24) is 5.32 Å². The van der Waals surface area contributed by atoms with E-state index in [4.69, 9.17) is 0 Å². The summed E-state index contributed by atoms with van der Waals surface area (Å²) in [5.41, 5.74) is 11.7. The van der Waals surface area contributed by atoms with E-state index in [-0.39, 0.29) is 0 Å². The molecule has 1 aliphatic heterocycles. The standard InChI is InChI=1S/C19H19N.C14H20.C13H15N.2C2H6.C2H2/c1-13(2)15-6-4-7-16(11-15)18-10-14(3)19-17(12-18)8-5-9-20-19;1-5-13(10-11(2)3)14-9-7-6-8-12(14)4;1-14-9-8-11-6-7-12-4-2-3-5-13(12)10-11;3*1-2/h4,6-8,10-12H,1,5,9H2,2-3H3;5-9,11H,10H2,1-4H3;2-7,10,14H,8-9H2,1H3;2*1-2H3;1-2H/b;13-5-;;;;. The van der Waals surface area contributed by atoms with Crippen molar-refractivity contribution < 1.29 is 0 Å². The molecule has 5 aromatic rings. The lowest BCUT2D eigenvalue weighted by atomic mass is 9.93. The number of nitrogens with zero attached hydrogens (tertiary/aromatic N) is 1. The topological polar surface area (TPSA) is 24.4 Å². The molecule has 2 nitrogen and oxygen atoms in total. The predicted molar refractivity (Wildman–Crippen MR) is 245 cm³/mol. The van der Waals surface area contributed by atoms with Crippen LogP contribution in [0.4, 0.5) is 0 Å². The van der Waals surface area contributed by atoms with E-state index in [0.717, 1.165) is 42.8 Å². The molecule has 0 atom stereocenters. The Morgan fingerprint density at radius 1 is 0.796 bits per heavy atom. The third-order valence-electron chi connectivity index (χ3n) is 8.73. The van der Waals surface area contributed by atoms with Gasteiger partial charge in [0.25, 0.3) is 0 Å². The molecule has 0 bridgehead atoms. The lowest BCUT2D eigenvalue weighted by molar-refractivity contribution is 0.673. The summed E-state index contributed by atoms with van der Waals surface area (Å²) in [6, 6.07) is 36.8. The molecule has 0 aliphatic carbocycles. The summed E-state index contributed by atoms with van der Waals surface area (Å²) in [4.78, 5) is 4.63. The monoisotopic (exact) mass is 721 g/mol. The second kappa shape index (κ2) is 26.7. The van der Waals surface area contributed by atoms with Gasteiger partial charge in [0.1, 0.15) is 0 Å². The molecule has 0 amide bonds. The van der Waals surface area contributed by atoms with Gasteiger partial charge in [-0.3, -0.25) is 4.99 Å². The van der Waals surface area contributed by atoms with Gasteiger partial charge in [0, 0.05) is 6.54 Å². The Kier molecular flexibility index (Phi) is 23.3. The van der Waals surface area contributed by atoms with Gasteiger partial charge in [0.05, 0.1) is 5.36 Å². The molecule has 54 heavy (non-hydrogen) atoms. The molecular weight excluding hydrogens is 653 g/mol. The van der Waals surface area contributed by atoms with E-state index >= 15 is 0 Å². The number of benzene rings is 5. The summed E-state index contributed by atoms with van der Waals surface area (Å²) in [6.45, 7) is 27.0. The van der Waals surface area contributed by atoms with E-state index in [1.807, 2.05) is 41.7 Å². The molecule has 0 saturated heterocycles. The zero-order chi connectivity index (χ0) is 40.5. The van der Waals surface area contributed by atoms with Gasteiger partial charge in [-0.1, -0.05) is 151 Å². The van der Waals surface area contributed by atoms with E-state index in [0.29, 0.717) is 0 Å². The van der Waals surface area contributed by atoms with Crippen molar-refractivity contribution in [1.29, 1.82) is 0 Å². The fourth-order valence-corrected chi connectivity index (χ4v) is 6.13. The van der Waals surface area contributed by atoms with E-state index in [2.05, 4.69) is 180 Å². The molecule has 1 N–H and O–H groups in total. The third-order valence-corrected chi connectivity index (χ3v) is 8.73. The number of terminal acetylenes is 1. The Morgan fingerprint density at radius 2 is 1.46 bits per heavy atom. The van der Waals surface area contributed by atoms with Crippen molar-refractivity contribution in [3.8, 4) is 24.0 Å². The van der Waals surface area contributed by atoms with Crippen LogP contribution in [-0.2, 0) is 6.42 Å². The number of rotatable bonds is 8. The molecule has 0 fully saturated rings. The van der Waals surface area contributed by atoms with Crippen LogP contribution in [0.5, 0.6) is 0 Å². The van der Waals surface area contributed by atoms with E-state index in [1.165, 1.54) is 66.9 Å². The number of fused-ring (bicyclic) bond motifs is 2. The molecule has 1 aliphatic rings. The summed E-state index contributed by atoms with van der Waals surface area (Å²) < 4.78 is 0. The van der Waals surface area contributed by atoms with Gasteiger partial charge in [0.2, 0.25) is 0 Å². The average molecular weight is 721 g/mol. The molecule has 5 aromatic carbocycles. The highest BCUT2D eigenvalue weighted by Crippen LogP contribution is 2.25. The quantitative estimate of drug-likeness (QED) is 0.159. The van der Waals surface area contributed by atoms with Gasteiger partial charge in [-0.25, -0.2) is 0 Å². The molecule has 0 aromatic heterocycles. The third kappa shape index (κ3) is 15.2. The van der Waals surface area contributed by atoms with Gasteiger partial charge in [-0.15, -0.1) is 12.8 Å². The van der Waals surface area contributed by atoms with Crippen LogP contribution in [0.15, 0.2) is 121 Å². The molecule has 1 heterocycles. The zero-order valence-electron chi connectivity index (χ0n) is 35.4. The molecule has 286 valence electrons. The summed E-state index contributed by atoms with van der Waals surface area (Å²) in [5, 5.41) is 8.25. The van der Waals surface area contributed by atoms with Crippen molar-refractivity contribution in [2.75, 3.05) is 20.1 Å². The maximum absolute atomic E-state index is 4.63. The van der Waals surface area contributed by atoms with E-state index in [9.17, 15) is 0 Å². The molecule has 0 unspecified atom stereocenters. The number of nitrogens with one attached hydrogen (secondary N) is 1. The van der Waals surface area contributed by atoms with Crippen molar-refractivity contribution in [3.05, 3.63) is 154 Å². The van der Waals surface area contributed by atoms with Gasteiger partial charge in [-0.05, 0) is 145 Å². The first-order chi connectivity index (χ1) is 26.2. The van der Waals surface area contributed by atoms with Crippen LogP contribution >= 0.6 is 0 Å². The van der Waals surface area contributed by atoms with Crippen molar-refractivity contribution in [2.24, 2.45) is 10.9 Å². The Bertz CT molecular complexity index is 2020. The highest BCUT2D eigenvalue weighted by atomic mass is 14.8. The molecule has 2 heteroatoms. The van der Waals surface area contributed by atoms with Crippen LogP contribution < -0.4 is 15.9 Å². The summed E-state index contributed by atoms with van der Waals surface area (Å²) in [6.07, 6.45) is 15.8. The fraction of sp³-hybridized carbons (Fsp3) is 0.327. The van der Waals surface area contributed by atoms with Gasteiger partial charge >= 0.3 is 0 Å². The van der Waals surface area contributed by atoms with E-state index in [1.54, 1.807) is 0 Å². The molecular formula is C52H68N2. The van der Waals surface area contributed by atoms with Gasteiger partial charge in [-0.2, -0.15) is 0 Å². The van der Waals surface area contributed by atoms with Crippen molar-refractivity contribution >= 4 is 28.0 Å². The summed E-state index contributed by atoms with van der Waals surface area (Å²) in [7, 11) is 1.99. The Morgan fingerprint density at radius 3 is 2.09 bits per heavy atom. The number of hydrogen-bond acceptors (Lipinski definition) is 2. The van der Waals surface area contributed by atoms with Crippen molar-refractivity contribution in [3.63, 3.8) is 0 Å². The zero-order valence-corrected chi connectivity index (χ0v) is 35.4. The number of likely N-dealkylation sites (N-methyl/N-ethyl adjacent to an activating group) is 1. The summed E-state index contributed by atoms with van der Waals surface area (Å²) in [5.74, 6) is 0.723. The van der Waals surface area contributed by atoms with Crippen LogP contribution in [0.3, 0.4) is 0 Å². The van der Waals surface area contributed by atoms with Crippen LogP contribution in [0.25, 0.3) is 39.1 Å². The first-order valence-electron chi connectivity index (χ1n) is 19.8. The largest absolute Gasteiger partial charge is 0.319 e.